The lowest BCUT2D eigenvalue weighted by atomic mass is 10.0. The molecule has 0 bridgehead atoms. The summed E-state index contributed by atoms with van der Waals surface area (Å²) < 4.78 is 7.29. The van der Waals surface area contributed by atoms with Crippen molar-refractivity contribution >= 4 is 34.4 Å². The highest BCUT2D eigenvalue weighted by Crippen LogP contribution is 2.26. The Labute approximate surface area is 204 Å². The van der Waals surface area contributed by atoms with Gasteiger partial charge in [-0.2, -0.15) is 0 Å². The molecule has 1 aliphatic heterocycles. The van der Waals surface area contributed by atoms with E-state index < -0.39 is 6.04 Å². The molecule has 3 heterocycles. The number of anilines is 1. The lowest BCUT2D eigenvalue weighted by Gasteiger charge is -2.36. The van der Waals surface area contributed by atoms with Crippen molar-refractivity contribution in [3.05, 3.63) is 78.5 Å². The third-order valence-corrected chi connectivity index (χ3v) is 6.39. The van der Waals surface area contributed by atoms with Crippen molar-refractivity contribution in [2.75, 3.05) is 37.7 Å². The molecule has 2 amide bonds. The predicted octanol–water partition coefficient (Wildman–Crippen LogP) is 4.01. The Balaban J connectivity index is 1.28. The summed E-state index contributed by atoms with van der Waals surface area (Å²) in [6.07, 6.45) is 2.15. The van der Waals surface area contributed by atoms with Crippen LogP contribution < -0.4 is 10.2 Å². The summed E-state index contributed by atoms with van der Waals surface area (Å²) >= 11 is 0. The van der Waals surface area contributed by atoms with Crippen LogP contribution in [0.15, 0.2) is 72.9 Å². The van der Waals surface area contributed by atoms with Gasteiger partial charge in [-0.05, 0) is 36.8 Å². The fourth-order valence-electron chi connectivity index (χ4n) is 4.63. The molecule has 2 aromatic heterocycles. The number of rotatable bonds is 6. The minimum Gasteiger partial charge on any atom is -0.466 e. The molecule has 0 radical (unpaired) electrons. The fraction of sp³-hybridized carbons (Fsp3) is 0.296. The molecule has 8 heteroatoms. The number of carbonyl (C=O) groups is 2. The van der Waals surface area contributed by atoms with Gasteiger partial charge in [-0.15, -0.1) is 0 Å². The van der Waals surface area contributed by atoms with Gasteiger partial charge in [0.05, 0.1) is 35.6 Å². The van der Waals surface area contributed by atoms with Crippen molar-refractivity contribution in [2.45, 2.75) is 19.4 Å². The maximum atomic E-state index is 13.1. The van der Waals surface area contributed by atoms with Crippen LogP contribution in [0, 0.1) is 0 Å². The number of carbonyl (C=O) groups excluding carboxylic acids is 2. The van der Waals surface area contributed by atoms with Crippen LogP contribution in [0.4, 0.5) is 10.6 Å². The Morgan fingerprint density at radius 3 is 2.43 bits per heavy atom. The number of fused-ring (bicyclic) bond motifs is 3. The van der Waals surface area contributed by atoms with E-state index in [-0.39, 0.29) is 18.4 Å². The quantitative estimate of drug-likeness (QED) is 0.430. The van der Waals surface area contributed by atoms with E-state index in [1.54, 1.807) is 11.8 Å². The molecule has 1 atom stereocenters. The molecule has 1 unspecified atom stereocenters. The van der Waals surface area contributed by atoms with Crippen molar-refractivity contribution in [3.63, 3.8) is 0 Å². The highest BCUT2D eigenvalue weighted by atomic mass is 16.5. The zero-order chi connectivity index (χ0) is 24.2. The molecule has 0 aliphatic carbocycles. The number of para-hydroxylation sites is 2. The van der Waals surface area contributed by atoms with E-state index in [4.69, 9.17) is 9.72 Å². The number of hydrogen-bond donors (Lipinski definition) is 1. The van der Waals surface area contributed by atoms with Gasteiger partial charge in [-0.3, -0.25) is 4.79 Å². The SMILES string of the molecule is CCOC(=O)CC(NC(=O)N1CCN(c2nc3ccccc3n3cccc23)CC1)c1ccccc1. The van der Waals surface area contributed by atoms with E-state index in [1.807, 2.05) is 54.6 Å². The number of nitrogens with one attached hydrogen (secondary N) is 1. The summed E-state index contributed by atoms with van der Waals surface area (Å²) in [5, 5.41) is 3.04. The number of amides is 2. The molecule has 35 heavy (non-hydrogen) atoms. The molecule has 0 spiro atoms. The second-order valence-electron chi connectivity index (χ2n) is 8.58. The second kappa shape index (κ2) is 10.0. The first kappa shape index (κ1) is 22.7. The van der Waals surface area contributed by atoms with Gasteiger partial charge in [-0.1, -0.05) is 42.5 Å². The van der Waals surface area contributed by atoms with E-state index in [2.05, 4.69) is 32.9 Å². The summed E-state index contributed by atoms with van der Waals surface area (Å²) in [4.78, 5) is 34.3. The first-order valence-electron chi connectivity index (χ1n) is 12.0. The highest BCUT2D eigenvalue weighted by Gasteiger charge is 2.26. The topological polar surface area (TPSA) is 79.2 Å². The van der Waals surface area contributed by atoms with Crippen LogP contribution in [0.3, 0.4) is 0 Å². The van der Waals surface area contributed by atoms with Gasteiger partial charge < -0.3 is 24.3 Å². The van der Waals surface area contributed by atoms with Crippen molar-refractivity contribution in [1.29, 1.82) is 0 Å². The van der Waals surface area contributed by atoms with Crippen LogP contribution in [0.5, 0.6) is 0 Å². The summed E-state index contributed by atoms with van der Waals surface area (Å²) in [5.74, 6) is 0.600. The van der Waals surface area contributed by atoms with Gasteiger partial charge in [-0.25, -0.2) is 9.78 Å². The molecular weight excluding hydrogens is 442 g/mol. The molecule has 4 aromatic rings. The number of aromatic nitrogens is 2. The maximum Gasteiger partial charge on any atom is 0.318 e. The van der Waals surface area contributed by atoms with E-state index in [0.717, 1.165) is 27.9 Å². The number of nitrogens with zero attached hydrogens (tertiary/aromatic N) is 4. The smallest absolute Gasteiger partial charge is 0.318 e. The zero-order valence-electron chi connectivity index (χ0n) is 19.8. The van der Waals surface area contributed by atoms with E-state index >= 15 is 0 Å². The molecule has 1 aliphatic rings. The minimum absolute atomic E-state index is 0.0940. The standard InChI is InChI=1S/C27H29N5O3/c1-2-35-25(33)19-22(20-9-4-3-5-10-20)29-27(34)31-17-15-30(16-18-31)26-24-13-8-14-32(24)23-12-7-6-11-21(23)28-26/h3-14,22H,2,15-19H2,1H3,(H,29,34). The summed E-state index contributed by atoms with van der Waals surface area (Å²) in [6.45, 7) is 4.57. The normalized spacial score (nSPS) is 14.8. The van der Waals surface area contributed by atoms with Crippen LogP contribution >= 0.6 is 0 Å². The van der Waals surface area contributed by atoms with Gasteiger partial charge in [0.1, 0.15) is 0 Å². The van der Waals surface area contributed by atoms with Crippen LogP contribution in [0.1, 0.15) is 24.9 Å². The number of piperazine rings is 1. The Morgan fingerprint density at radius 1 is 0.943 bits per heavy atom. The summed E-state index contributed by atoms with van der Waals surface area (Å²) in [5.41, 5.74) is 3.95. The van der Waals surface area contributed by atoms with E-state index in [9.17, 15) is 9.59 Å². The Morgan fingerprint density at radius 2 is 1.66 bits per heavy atom. The molecule has 8 nitrogen and oxygen atoms in total. The molecule has 0 saturated carbocycles. The van der Waals surface area contributed by atoms with Crippen molar-refractivity contribution < 1.29 is 14.3 Å². The van der Waals surface area contributed by atoms with E-state index in [1.165, 1.54) is 0 Å². The predicted molar refractivity (Wildman–Crippen MR) is 135 cm³/mol. The Kier molecular flexibility index (Phi) is 6.52. The minimum atomic E-state index is -0.441. The number of urea groups is 1. The van der Waals surface area contributed by atoms with Crippen molar-refractivity contribution in [1.82, 2.24) is 19.6 Å². The number of hydrogen-bond acceptors (Lipinski definition) is 5. The molecule has 5 rings (SSSR count). The maximum absolute atomic E-state index is 13.1. The first-order chi connectivity index (χ1) is 17.1. The second-order valence-corrected chi connectivity index (χ2v) is 8.58. The zero-order valence-corrected chi connectivity index (χ0v) is 19.8. The molecule has 2 aromatic carbocycles. The lowest BCUT2D eigenvalue weighted by Crippen LogP contribution is -2.52. The van der Waals surface area contributed by atoms with Crippen LogP contribution in [0.25, 0.3) is 16.6 Å². The van der Waals surface area contributed by atoms with Crippen LogP contribution in [0.2, 0.25) is 0 Å². The number of ether oxygens (including phenoxy) is 1. The van der Waals surface area contributed by atoms with Crippen molar-refractivity contribution in [2.24, 2.45) is 0 Å². The largest absolute Gasteiger partial charge is 0.466 e. The Bertz CT molecular complexity index is 1330. The summed E-state index contributed by atoms with van der Waals surface area (Å²) in [6, 6.07) is 21.1. The van der Waals surface area contributed by atoms with Crippen LogP contribution in [-0.4, -0.2) is 59.1 Å². The third-order valence-electron chi connectivity index (χ3n) is 6.39. The number of benzene rings is 2. The summed E-state index contributed by atoms with van der Waals surface area (Å²) in [7, 11) is 0. The molecule has 1 saturated heterocycles. The lowest BCUT2D eigenvalue weighted by molar-refractivity contribution is -0.143. The third kappa shape index (κ3) is 4.77. The van der Waals surface area contributed by atoms with Gasteiger partial charge in [0.2, 0.25) is 0 Å². The first-order valence-corrected chi connectivity index (χ1v) is 12.0. The van der Waals surface area contributed by atoms with Gasteiger partial charge >= 0.3 is 12.0 Å². The van der Waals surface area contributed by atoms with Gasteiger partial charge in [0.15, 0.2) is 5.82 Å². The average molecular weight is 472 g/mol. The Hall–Kier alpha value is -4.07. The molecular formula is C27H29N5O3. The van der Waals surface area contributed by atoms with Crippen LogP contribution in [-0.2, 0) is 9.53 Å². The van der Waals surface area contributed by atoms with Crippen molar-refractivity contribution in [3.8, 4) is 0 Å². The van der Waals surface area contributed by atoms with Gasteiger partial charge in [0, 0.05) is 32.4 Å². The average Bonchev–Trinajstić information content (AvgIpc) is 3.39. The number of esters is 1. The van der Waals surface area contributed by atoms with Gasteiger partial charge in [0.25, 0.3) is 0 Å². The molecule has 1 fully saturated rings. The highest BCUT2D eigenvalue weighted by molar-refractivity contribution is 5.85. The van der Waals surface area contributed by atoms with E-state index in [0.29, 0.717) is 32.8 Å². The molecule has 180 valence electrons. The fourth-order valence-corrected chi connectivity index (χ4v) is 4.63. The monoisotopic (exact) mass is 471 g/mol. The molecule has 1 N–H and O–H groups in total.